The maximum Gasteiger partial charge on any atom is 0.361 e. The lowest BCUT2D eigenvalue weighted by Gasteiger charge is -2.08. The summed E-state index contributed by atoms with van der Waals surface area (Å²) in [7, 11) is 0. The summed E-state index contributed by atoms with van der Waals surface area (Å²) in [6.45, 7) is 3.01. The highest BCUT2D eigenvalue weighted by molar-refractivity contribution is 7.16. The molecule has 4 aromatic rings. The van der Waals surface area contributed by atoms with Gasteiger partial charge in [0.25, 0.3) is 0 Å². The first-order valence-corrected chi connectivity index (χ1v) is 11.8. The molecule has 0 bridgehead atoms. The second-order valence-corrected chi connectivity index (χ2v) is 8.29. The second kappa shape index (κ2) is 11.9. The number of carbonyl (C=O) groups is 1. The smallest absolute Gasteiger partial charge is 0.361 e. The summed E-state index contributed by atoms with van der Waals surface area (Å²) in [5.41, 5.74) is 1.07. The van der Waals surface area contributed by atoms with Gasteiger partial charge in [-0.25, -0.2) is 4.79 Å². The summed E-state index contributed by atoms with van der Waals surface area (Å²) in [5.74, 6) is 0.255. The summed E-state index contributed by atoms with van der Waals surface area (Å²) >= 11 is 1.30. The minimum absolute atomic E-state index is 0.116. The van der Waals surface area contributed by atoms with E-state index in [1.807, 2.05) is 60.7 Å². The monoisotopic (exact) mass is 475 g/mol. The standard InChI is InChI=1S/C27H25NO5S/c1-2-30-27(29)26(28-33-19-20-8-4-3-5-9-20)24-14-15-25(34-24)32-17-16-31-23-13-12-21-10-6-7-11-22(21)18-23/h3-15,18H,2,16-17,19H2,1H3. The summed E-state index contributed by atoms with van der Waals surface area (Å²) in [4.78, 5) is 18.5. The van der Waals surface area contributed by atoms with Gasteiger partial charge in [-0.2, -0.15) is 0 Å². The van der Waals surface area contributed by atoms with Gasteiger partial charge in [0.2, 0.25) is 5.71 Å². The summed E-state index contributed by atoms with van der Waals surface area (Å²) < 4.78 is 16.8. The molecule has 0 saturated carbocycles. The van der Waals surface area contributed by atoms with Crippen LogP contribution in [0.1, 0.15) is 17.4 Å². The van der Waals surface area contributed by atoms with Crippen molar-refractivity contribution >= 4 is 33.8 Å². The maximum atomic E-state index is 12.4. The number of hydrogen-bond donors (Lipinski definition) is 0. The third-order valence-corrected chi connectivity index (χ3v) is 5.84. The average molecular weight is 476 g/mol. The number of thiophene rings is 1. The molecule has 1 aromatic heterocycles. The molecule has 174 valence electrons. The van der Waals surface area contributed by atoms with E-state index >= 15 is 0 Å². The van der Waals surface area contributed by atoms with E-state index in [4.69, 9.17) is 19.0 Å². The zero-order valence-corrected chi connectivity index (χ0v) is 19.6. The summed E-state index contributed by atoms with van der Waals surface area (Å²) in [5, 5.41) is 7.00. The van der Waals surface area contributed by atoms with E-state index in [0.29, 0.717) is 23.2 Å². The first kappa shape index (κ1) is 23.3. The minimum atomic E-state index is -0.538. The van der Waals surface area contributed by atoms with E-state index in [9.17, 15) is 4.79 Å². The van der Waals surface area contributed by atoms with Crippen molar-refractivity contribution in [3.63, 3.8) is 0 Å². The molecule has 3 aromatic carbocycles. The largest absolute Gasteiger partial charge is 0.490 e. The van der Waals surface area contributed by atoms with Crippen LogP contribution in [0.5, 0.6) is 10.8 Å². The van der Waals surface area contributed by atoms with Gasteiger partial charge in [0, 0.05) is 0 Å². The predicted octanol–water partition coefficient (Wildman–Crippen LogP) is 5.84. The Balaban J connectivity index is 1.33. The van der Waals surface area contributed by atoms with Crippen LogP contribution in [0.4, 0.5) is 0 Å². The molecule has 34 heavy (non-hydrogen) atoms. The summed E-state index contributed by atoms with van der Waals surface area (Å²) in [6.07, 6.45) is 0. The molecule has 1 heterocycles. The lowest BCUT2D eigenvalue weighted by atomic mass is 10.1. The van der Waals surface area contributed by atoms with Crippen LogP contribution in [0.2, 0.25) is 0 Å². The van der Waals surface area contributed by atoms with Crippen molar-refractivity contribution in [3.8, 4) is 10.8 Å². The Hall–Kier alpha value is -3.84. The molecule has 0 saturated heterocycles. The number of esters is 1. The fourth-order valence-corrected chi connectivity index (χ4v) is 4.06. The lowest BCUT2D eigenvalue weighted by molar-refractivity contribution is -0.135. The molecule has 0 spiro atoms. The van der Waals surface area contributed by atoms with Gasteiger partial charge in [-0.05, 0) is 47.5 Å². The Bertz CT molecular complexity index is 1250. The van der Waals surface area contributed by atoms with Crippen LogP contribution in [0.3, 0.4) is 0 Å². The highest BCUT2D eigenvalue weighted by atomic mass is 32.1. The fraction of sp³-hybridized carbons (Fsp3) is 0.185. The van der Waals surface area contributed by atoms with E-state index in [1.54, 1.807) is 19.1 Å². The van der Waals surface area contributed by atoms with Crippen LogP contribution in [0.15, 0.2) is 90.1 Å². The summed E-state index contributed by atoms with van der Waals surface area (Å²) in [6, 6.07) is 27.3. The quantitative estimate of drug-likeness (QED) is 0.118. The van der Waals surface area contributed by atoms with Crippen LogP contribution >= 0.6 is 11.3 Å². The van der Waals surface area contributed by atoms with Gasteiger partial charge in [-0.15, -0.1) is 0 Å². The van der Waals surface area contributed by atoms with Crippen molar-refractivity contribution in [2.75, 3.05) is 19.8 Å². The van der Waals surface area contributed by atoms with Crippen molar-refractivity contribution in [1.82, 2.24) is 0 Å². The SMILES string of the molecule is CCOC(=O)C(=NOCc1ccccc1)c1ccc(OCCOc2ccc3ccccc3c2)s1. The van der Waals surface area contributed by atoms with Gasteiger partial charge in [-0.1, -0.05) is 77.2 Å². The number of carbonyl (C=O) groups excluding carboxylic acids is 1. The van der Waals surface area contributed by atoms with E-state index in [1.165, 1.54) is 16.7 Å². The fourth-order valence-electron chi connectivity index (χ4n) is 3.21. The third kappa shape index (κ3) is 6.36. The van der Waals surface area contributed by atoms with Crippen molar-refractivity contribution in [2.24, 2.45) is 5.16 Å². The molecule has 4 rings (SSSR count). The first-order valence-electron chi connectivity index (χ1n) is 11.0. The maximum absolute atomic E-state index is 12.4. The Kier molecular flexibility index (Phi) is 8.13. The van der Waals surface area contributed by atoms with Gasteiger partial charge >= 0.3 is 5.97 Å². The van der Waals surface area contributed by atoms with Crippen molar-refractivity contribution in [3.05, 3.63) is 95.4 Å². The van der Waals surface area contributed by atoms with Crippen molar-refractivity contribution < 1.29 is 23.8 Å². The third-order valence-electron chi connectivity index (χ3n) is 4.83. The second-order valence-electron chi connectivity index (χ2n) is 7.24. The van der Waals surface area contributed by atoms with Crippen LogP contribution in [0.25, 0.3) is 10.8 Å². The zero-order valence-electron chi connectivity index (χ0n) is 18.8. The Morgan fingerprint density at radius 2 is 1.62 bits per heavy atom. The van der Waals surface area contributed by atoms with E-state index < -0.39 is 5.97 Å². The van der Waals surface area contributed by atoms with Crippen LogP contribution in [-0.4, -0.2) is 31.5 Å². The zero-order chi connectivity index (χ0) is 23.6. The number of fused-ring (bicyclic) bond motifs is 1. The molecular formula is C27H25NO5S. The first-order chi connectivity index (χ1) is 16.7. The number of ether oxygens (including phenoxy) is 3. The molecule has 0 aliphatic rings. The molecule has 6 nitrogen and oxygen atoms in total. The Morgan fingerprint density at radius 1 is 0.853 bits per heavy atom. The highest BCUT2D eigenvalue weighted by Crippen LogP contribution is 2.26. The van der Waals surface area contributed by atoms with Crippen molar-refractivity contribution in [1.29, 1.82) is 0 Å². The minimum Gasteiger partial charge on any atom is -0.490 e. The van der Waals surface area contributed by atoms with E-state index in [2.05, 4.69) is 17.3 Å². The number of benzene rings is 3. The van der Waals surface area contributed by atoms with Gasteiger partial charge in [-0.3, -0.25) is 0 Å². The molecule has 0 aliphatic heterocycles. The number of rotatable bonds is 11. The van der Waals surface area contributed by atoms with E-state index in [0.717, 1.165) is 16.7 Å². The van der Waals surface area contributed by atoms with Crippen molar-refractivity contribution in [2.45, 2.75) is 13.5 Å². The molecule has 0 aliphatic carbocycles. The predicted molar refractivity (Wildman–Crippen MR) is 134 cm³/mol. The molecule has 0 N–H and O–H groups in total. The Morgan fingerprint density at radius 3 is 2.44 bits per heavy atom. The van der Waals surface area contributed by atoms with Gasteiger partial charge in [0.15, 0.2) is 5.06 Å². The number of hydrogen-bond acceptors (Lipinski definition) is 7. The van der Waals surface area contributed by atoms with Crippen LogP contribution in [-0.2, 0) is 21.0 Å². The molecule has 0 fully saturated rings. The molecular weight excluding hydrogens is 450 g/mol. The van der Waals surface area contributed by atoms with Gasteiger partial charge in [0.1, 0.15) is 25.6 Å². The average Bonchev–Trinajstić information content (AvgIpc) is 3.33. The van der Waals surface area contributed by atoms with Gasteiger partial charge < -0.3 is 19.0 Å². The molecule has 0 radical (unpaired) electrons. The number of oxime groups is 1. The Labute approximate surface area is 202 Å². The number of nitrogens with zero attached hydrogens (tertiary/aromatic N) is 1. The highest BCUT2D eigenvalue weighted by Gasteiger charge is 2.19. The lowest BCUT2D eigenvalue weighted by Crippen LogP contribution is -2.18. The topological polar surface area (TPSA) is 66.4 Å². The normalized spacial score (nSPS) is 11.3. The molecule has 0 atom stereocenters. The van der Waals surface area contributed by atoms with E-state index in [-0.39, 0.29) is 18.9 Å². The van der Waals surface area contributed by atoms with Crippen LogP contribution < -0.4 is 9.47 Å². The molecule has 0 amide bonds. The molecule has 0 unspecified atom stereocenters. The van der Waals surface area contributed by atoms with Crippen LogP contribution in [0, 0.1) is 0 Å². The van der Waals surface area contributed by atoms with Gasteiger partial charge in [0.05, 0.1) is 11.5 Å². The molecule has 7 heteroatoms.